The number of anilines is 1. The number of unbranched alkanes of at least 4 members (excludes halogenated alkanes) is 1. The predicted molar refractivity (Wildman–Crippen MR) is 108 cm³/mol. The summed E-state index contributed by atoms with van der Waals surface area (Å²) >= 11 is 3.30. The number of halogens is 1. The first-order chi connectivity index (χ1) is 12.6. The number of carboxylic acid groups (broad SMARTS) is 1. The SMILES string of the molecule is O=C(O)c1cc(Br)ccc1NCCCCOc1cccc2ccccc12. The highest BCUT2D eigenvalue weighted by Crippen LogP contribution is 2.25. The van der Waals surface area contributed by atoms with Crippen LogP contribution in [0.3, 0.4) is 0 Å². The summed E-state index contributed by atoms with van der Waals surface area (Å²) in [6.45, 7) is 1.32. The van der Waals surface area contributed by atoms with Gasteiger partial charge in [-0.3, -0.25) is 0 Å². The van der Waals surface area contributed by atoms with Crippen LogP contribution in [0.15, 0.2) is 65.1 Å². The van der Waals surface area contributed by atoms with Gasteiger partial charge in [-0.1, -0.05) is 52.3 Å². The second-order valence-electron chi connectivity index (χ2n) is 5.95. The molecule has 0 aliphatic heterocycles. The van der Waals surface area contributed by atoms with Crippen LogP contribution >= 0.6 is 15.9 Å². The summed E-state index contributed by atoms with van der Waals surface area (Å²) in [4.78, 5) is 11.3. The van der Waals surface area contributed by atoms with E-state index in [9.17, 15) is 9.90 Å². The molecule has 0 amide bonds. The molecule has 0 aliphatic carbocycles. The van der Waals surface area contributed by atoms with Crippen LogP contribution in [0, 0.1) is 0 Å². The van der Waals surface area contributed by atoms with E-state index in [-0.39, 0.29) is 5.56 Å². The number of ether oxygens (including phenoxy) is 1. The van der Waals surface area contributed by atoms with Crippen molar-refractivity contribution in [3.8, 4) is 5.75 Å². The summed E-state index contributed by atoms with van der Waals surface area (Å²) in [7, 11) is 0. The lowest BCUT2D eigenvalue weighted by Crippen LogP contribution is -2.09. The van der Waals surface area contributed by atoms with Gasteiger partial charge in [-0.15, -0.1) is 0 Å². The van der Waals surface area contributed by atoms with Crippen LogP contribution in [0.2, 0.25) is 0 Å². The molecule has 0 atom stereocenters. The second-order valence-corrected chi connectivity index (χ2v) is 6.87. The number of hydrogen-bond donors (Lipinski definition) is 2. The molecule has 0 fully saturated rings. The van der Waals surface area contributed by atoms with Crippen LogP contribution in [0.1, 0.15) is 23.2 Å². The minimum absolute atomic E-state index is 0.270. The van der Waals surface area contributed by atoms with E-state index in [4.69, 9.17) is 4.74 Å². The van der Waals surface area contributed by atoms with Gasteiger partial charge in [-0.05, 0) is 42.5 Å². The van der Waals surface area contributed by atoms with Crippen LogP contribution in [0.25, 0.3) is 10.8 Å². The van der Waals surface area contributed by atoms with Crippen molar-refractivity contribution in [1.29, 1.82) is 0 Å². The zero-order valence-electron chi connectivity index (χ0n) is 14.2. The second kappa shape index (κ2) is 8.72. The molecule has 3 rings (SSSR count). The molecule has 0 radical (unpaired) electrons. The maximum absolute atomic E-state index is 11.3. The highest BCUT2D eigenvalue weighted by atomic mass is 79.9. The van der Waals surface area contributed by atoms with E-state index in [0.717, 1.165) is 28.5 Å². The average Bonchev–Trinajstić information content (AvgIpc) is 2.65. The molecule has 0 aliphatic rings. The summed E-state index contributed by atoms with van der Waals surface area (Å²) < 4.78 is 6.67. The zero-order chi connectivity index (χ0) is 18.4. The Morgan fingerprint density at radius 1 is 1.04 bits per heavy atom. The van der Waals surface area contributed by atoms with Gasteiger partial charge < -0.3 is 15.2 Å². The van der Waals surface area contributed by atoms with Crippen molar-refractivity contribution in [2.45, 2.75) is 12.8 Å². The van der Waals surface area contributed by atoms with Crippen LogP contribution in [-0.4, -0.2) is 24.2 Å². The highest BCUT2D eigenvalue weighted by molar-refractivity contribution is 9.10. The predicted octanol–water partition coefficient (Wildman–Crippen LogP) is 5.57. The van der Waals surface area contributed by atoms with Crippen LogP contribution in [-0.2, 0) is 0 Å². The van der Waals surface area contributed by atoms with Gasteiger partial charge in [0.2, 0.25) is 0 Å². The number of benzene rings is 3. The van der Waals surface area contributed by atoms with Crippen molar-refractivity contribution in [2.24, 2.45) is 0 Å². The Morgan fingerprint density at radius 3 is 2.69 bits per heavy atom. The number of nitrogens with one attached hydrogen (secondary N) is 1. The minimum atomic E-state index is -0.937. The van der Waals surface area contributed by atoms with Gasteiger partial charge in [0.25, 0.3) is 0 Å². The fraction of sp³-hybridized carbons (Fsp3) is 0.190. The molecule has 3 aromatic carbocycles. The zero-order valence-corrected chi connectivity index (χ0v) is 15.8. The fourth-order valence-corrected chi connectivity index (χ4v) is 3.16. The first-order valence-corrected chi connectivity index (χ1v) is 9.32. The van der Waals surface area contributed by atoms with Crippen molar-refractivity contribution >= 4 is 38.4 Å². The van der Waals surface area contributed by atoms with Crippen molar-refractivity contribution in [1.82, 2.24) is 0 Å². The maximum Gasteiger partial charge on any atom is 0.337 e. The van der Waals surface area contributed by atoms with E-state index in [1.807, 2.05) is 30.3 Å². The number of carboxylic acids is 1. The minimum Gasteiger partial charge on any atom is -0.493 e. The van der Waals surface area contributed by atoms with Crippen LogP contribution < -0.4 is 10.1 Å². The van der Waals surface area contributed by atoms with Crippen molar-refractivity contribution < 1.29 is 14.6 Å². The third kappa shape index (κ3) is 4.55. The molecule has 134 valence electrons. The van der Waals surface area contributed by atoms with Gasteiger partial charge in [0.05, 0.1) is 12.2 Å². The Labute approximate surface area is 160 Å². The third-order valence-electron chi connectivity index (χ3n) is 4.11. The number of rotatable bonds is 8. The van der Waals surface area contributed by atoms with Gasteiger partial charge in [-0.25, -0.2) is 4.79 Å². The summed E-state index contributed by atoms with van der Waals surface area (Å²) in [5.74, 6) is -0.0368. The lowest BCUT2D eigenvalue weighted by atomic mass is 10.1. The normalized spacial score (nSPS) is 10.7. The van der Waals surface area contributed by atoms with Gasteiger partial charge in [0, 0.05) is 22.1 Å². The van der Waals surface area contributed by atoms with Crippen molar-refractivity contribution in [3.63, 3.8) is 0 Å². The van der Waals surface area contributed by atoms with E-state index in [0.29, 0.717) is 18.8 Å². The van der Waals surface area contributed by atoms with Gasteiger partial charge in [0.1, 0.15) is 5.75 Å². The summed E-state index contributed by atoms with van der Waals surface area (Å²) in [5, 5.41) is 14.7. The molecule has 5 heteroatoms. The van der Waals surface area contributed by atoms with E-state index < -0.39 is 5.97 Å². The first kappa shape index (κ1) is 18.3. The highest BCUT2D eigenvalue weighted by Gasteiger charge is 2.10. The smallest absolute Gasteiger partial charge is 0.337 e. The molecule has 0 bridgehead atoms. The Balaban J connectivity index is 1.47. The molecule has 4 nitrogen and oxygen atoms in total. The molecular weight excluding hydrogens is 394 g/mol. The largest absolute Gasteiger partial charge is 0.493 e. The number of hydrogen-bond acceptors (Lipinski definition) is 3. The third-order valence-corrected chi connectivity index (χ3v) is 4.60. The Kier molecular flexibility index (Phi) is 6.12. The quantitative estimate of drug-likeness (QED) is 0.473. The topological polar surface area (TPSA) is 58.6 Å². The van der Waals surface area contributed by atoms with E-state index in [2.05, 4.69) is 39.4 Å². The van der Waals surface area contributed by atoms with Crippen molar-refractivity contribution in [2.75, 3.05) is 18.5 Å². The average molecular weight is 414 g/mol. The van der Waals surface area contributed by atoms with E-state index in [1.165, 1.54) is 5.39 Å². The van der Waals surface area contributed by atoms with Crippen LogP contribution in [0.4, 0.5) is 5.69 Å². The molecule has 0 saturated heterocycles. The lowest BCUT2D eigenvalue weighted by Gasteiger charge is -2.11. The molecule has 0 spiro atoms. The number of carbonyl (C=O) groups is 1. The molecule has 2 N–H and O–H groups in total. The monoisotopic (exact) mass is 413 g/mol. The fourth-order valence-electron chi connectivity index (χ4n) is 2.80. The molecular formula is C21H20BrNO3. The summed E-state index contributed by atoms with van der Waals surface area (Å²) in [5.41, 5.74) is 0.905. The Morgan fingerprint density at radius 2 is 1.85 bits per heavy atom. The van der Waals surface area contributed by atoms with Crippen LogP contribution in [0.5, 0.6) is 5.75 Å². The summed E-state index contributed by atoms with van der Waals surface area (Å²) in [6.07, 6.45) is 1.77. The van der Waals surface area contributed by atoms with Gasteiger partial charge in [0.15, 0.2) is 0 Å². The summed E-state index contributed by atoms with van der Waals surface area (Å²) in [6, 6.07) is 19.4. The van der Waals surface area contributed by atoms with E-state index in [1.54, 1.807) is 12.1 Å². The Hall–Kier alpha value is -2.53. The molecule has 0 aromatic heterocycles. The lowest BCUT2D eigenvalue weighted by molar-refractivity contribution is 0.0698. The number of aromatic carboxylic acids is 1. The number of fused-ring (bicyclic) bond motifs is 1. The van der Waals surface area contributed by atoms with Crippen molar-refractivity contribution in [3.05, 3.63) is 70.7 Å². The molecule has 0 heterocycles. The molecule has 3 aromatic rings. The Bertz CT molecular complexity index is 905. The molecule has 26 heavy (non-hydrogen) atoms. The maximum atomic E-state index is 11.3. The van der Waals surface area contributed by atoms with Gasteiger partial charge in [-0.2, -0.15) is 0 Å². The van der Waals surface area contributed by atoms with E-state index >= 15 is 0 Å². The molecule has 0 saturated carbocycles. The molecule has 0 unspecified atom stereocenters. The standard InChI is InChI=1S/C21H20BrNO3/c22-16-10-11-19(18(14-16)21(24)25)23-12-3-4-13-26-20-9-5-7-15-6-1-2-8-17(15)20/h1-2,5-11,14,23H,3-4,12-13H2,(H,24,25). The van der Waals surface area contributed by atoms with Gasteiger partial charge >= 0.3 is 5.97 Å². The first-order valence-electron chi connectivity index (χ1n) is 8.52.